The summed E-state index contributed by atoms with van der Waals surface area (Å²) in [7, 11) is 3.76. The van der Waals surface area contributed by atoms with Gasteiger partial charge in [-0.15, -0.1) is 11.3 Å². The predicted octanol–water partition coefficient (Wildman–Crippen LogP) is 5.28. The Hall–Kier alpha value is -3.89. The van der Waals surface area contributed by atoms with Gasteiger partial charge in [0.25, 0.3) is 0 Å². The molecule has 0 atom stereocenters. The van der Waals surface area contributed by atoms with Gasteiger partial charge in [0.05, 0.1) is 39.4 Å². The maximum Gasteiger partial charge on any atom is 0.152 e. The smallest absolute Gasteiger partial charge is 0.152 e. The van der Waals surface area contributed by atoms with Gasteiger partial charge in [-0.1, -0.05) is 0 Å². The lowest BCUT2D eigenvalue weighted by atomic mass is 10.1. The number of nitrogens with one attached hydrogen (secondary N) is 1. The highest BCUT2D eigenvalue weighted by Crippen LogP contribution is 2.38. The van der Waals surface area contributed by atoms with Gasteiger partial charge in [-0.25, -0.2) is 19.3 Å². The maximum absolute atomic E-state index is 14.8. The first kappa shape index (κ1) is 21.6. The van der Waals surface area contributed by atoms with E-state index in [1.165, 1.54) is 6.33 Å². The van der Waals surface area contributed by atoms with Gasteiger partial charge in [0.2, 0.25) is 0 Å². The summed E-state index contributed by atoms with van der Waals surface area (Å²) in [6.45, 7) is 0.950. The molecule has 0 amide bonds. The van der Waals surface area contributed by atoms with Gasteiger partial charge in [-0.3, -0.25) is 9.58 Å². The minimum absolute atomic E-state index is 0.228. The molecule has 1 aliphatic heterocycles. The summed E-state index contributed by atoms with van der Waals surface area (Å²) in [5.74, 6) is 1.16. The van der Waals surface area contributed by atoms with Crippen molar-refractivity contribution in [1.82, 2.24) is 29.6 Å². The van der Waals surface area contributed by atoms with E-state index in [2.05, 4.69) is 25.4 Å². The highest BCUT2D eigenvalue weighted by molar-refractivity contribution is 7.16. The molecule has 6 rings (SSSR count). The number of hydrogen-bond acceptors (Lipinski definition) is 8. The van der Waals surface area contributed by atoms with Crippen LogP contribution in [0.3, 0.4) is 0 Å². The normalized spacial score (nSPS) is 14.7. The zero-order valence-electron chi connectivity index (χ0n) is 19.2. The van der Waals surface area contributed by atoms with Gasteiger partial charge in [-0.2, -0.15) is 5.10 Å². The zero-order chi connectivity index (χ0) is 23.9. The van der Waals surface area contributed by atoms with Crippen molar-refractivity contribution in [3.63, 3.8) is 0 Å². The molecule has 8 nitrogen and oxygen atoms in total. The summed E-state index contributed by atoms with van der Waals surface area (Å²) in [6.07, 6.45) is 5.71. The molecule has 0 bridgehead atoms. The van der Waals surface area contributed by atoms with Gasteiger partial charge >= 0.3 is 0 Å². The Balaban J connectivity index is 1.48. The highest BCUT2D eigenvalue weighted by Gasteiger charge is 2.21. The Labute approximate surface area is 204 Å². The van der Waals surface area contributed by atoms with E-state index in [0.29, 0.717) is 34.7 Å². The van der Waals surface area contributed by atoms with Crippen LogP contribution in [0.15, 0.2) is 66.1 Å². The van der Waals surface area contributed by atoms with Crippen molar-refractivity contribution in [2.24, 2.45) is 7.05 Å². The number of hydrogen-bond donors (Lipinski definition) is 1. The molecule has 0 fully saturated rings. The summed E-state index contributed by atoms with van der Waals surface area (Å²) in [6, 6.07) is 9.83. The van der Waals surface area contributed by atoms with Crippen LogP contribution in [0.25, 0.3) is 32.2 Å². The van der Waals surface area contributed by atoms with Crippen molar-refractivity contribution < 1.29 is 9.13 Å². The van der Waals surface area contributed by atoms with Crippen LogP contribution in [0.4, 0.5) is 15.9 Å². The van der Waals surface area contributed by atoms with Gasteiger partial charge in [-0.05, 0) is 42.9 Å². The Morgan fingerprint density at radius 2 is 1.97 bits per heavy atom. The number of aromatic nitrogens is 5. The predicted molar refractivity (Wildman–Crippen MR) is 136 cm³/mol. The molecule has 3 aromatic heterocycles. The second kappa shape index (κ2) is 8.71. The van der Waals surface area contributed by atoms with Gasteiger partial charge in [0.15, 0.2) is 5.83 Å². The van der Waals surface area contributed by atoms with Crippen LogP contribution in [0, 0.1) is 0 Å². The van der Waals surface area contributed by atoms with E-state index in [9.17, 15) is 4.39 Å². The van der Waals surface area contributed by atoms with Crippen molar-refractivity contribution in [1.29, 1.82) is 0 Å². The van der Waals surface area contributed by atoms with Crippen LogP contribution in [0.1, 0.15) is 6.42 Å². The third-order valence-corrected chi connectivity index (χ3v) is 6.79. The minimum Gasteiger partial charge on any atom is -0.458 e. The van der Waals surface area contributed by atoms with E-state index >= 15 is 0 Å². The minimum atomic E-state index is -0.263. The molecule has 5 aromatic rings. The molecule has 10 heteroatoms. The first-order valence-electron chi connectivity index (χ1n) is 11.2. The first-order valence-corrected chi connectivity index (χ1v) is 12.0. The van der Waals surface area contributed by atoms with Crippen LogP contribution >= 0.6 is 11.3 Å². The number of thiazole rings is 1. The van der Waals surface area contributed by atoms with Crippen LogP contribution in [0.2, 0.25) is 0 Å². The van der Waals surface area contributed by atoms with Crippen LogP contribution < -0.4 is 10.1 Å². The summed E-state index contributed by atoms with van der Waals surface area (Å²) in [5, 5.41) is 8.37. The number of likely N-dealkylation sites (N-methyl/N-ethyl adjacent to an activating group) is 1. The van der Waals surface area contributed by atoms with Crippen molar-refractivity contribution in [3.8, 4) is 16.9 Å². The number of nitrogens with zero attached hydrogens (tertiary/aromatic N) is 6. The first-order chi connectivity index (χ1) is 17.0. The largest absolute Gasteiger partial charge is 0.458 e. The third-order valence-electron chi connectivity index (χ3n) is 6.00. The number of rotatable bonds is 5. The summed E-state index contributed by atoms with van der Waals surface area (Å²) in [5.41, 5.74) is 6.12. The Morgan fingerprint density at radius 1 is 1.06 bits per heavy atom. The fraction of sp³-hybridized carbons (Fsp3) is 0.200. The molecule has 0 unspecified atom stereocenters. The number of ether oxygens (including phenoxy) is 1. The molecular weight excluding hydrogens is 465 g/mol. The van der Waals surface area contributed by atoms with Crippen molar-refractivity contribution in [3.05, 3.63) is 66.1 Å². The van der Waals surface area contributed by atoms with Gasteiger partial charge < -0.3 is 10.1 Å². The number of fused-ring (bicyclic) bond motifs is 2. The molecule has 2 aromatic carbocycles. The quantitative estimate of drug-likeness (QED) is 0.361. The molecule has 0 aliphatic carbocycles. The summed E-state index contributed by atoms with van der Waals surface area (Å²) in [4.78, 5) is 15.3. The van der Waals surface area contributed by atoms with Gasteiger partial charge in [0.1, 0.15) is 23.7 Å². The van der Waals surface area contributed by atoms with E-state index < -0.39 is 0 Å². The van der Waals surface area contributed by atoms with E-state index in [0.717, 1.165) is 33.6 Å². The van der Waals surface area contributed by atoms with E-state index in [4.69, 9.17) is 4.74 Å². The second-order valence-electron chi connectivity index (χ2n) is 8.57. The average Bonchev–Trinajstić information content (AvgIpc) is 3.49. The molecule has 0 saturated carbocycles. The molecular formula is C25H22FN7OS. The molecule has 0 spiro atoms. The van der Waals surface area contributed by atoms with Crippen LogP contribution in [-0.4, -0.2) is 49.8 Å². The van der Waals surface area contributed by atoms with E-state index in [1.54, 1.807) is 22.2 Å². The lowest BCUT2D eigenvalue weighted by molar-refractivity contribution is 0.260. The summed E-state index contributed by atoms with van der Waals surface area (Å²) >= 11 is 1.58. The molecule has 1 aliphatic rings. The van der Waals surface area contributed by atoms with E-state index in [-0.39, 0.29) is 12.4 Å². The lowest BCUT2D eigenvalue weighted by Gasteiger charge is -2.24. The third kappa shape index (κ3) is 4.22. The second-order valence-corrected chi connectivity index (χ2v) is 9.46. The standard InChI is InChI=1S/C25H22FN7OS/c1-32-6-5-21(18(26)12-32)34-22-8-15(16-10-30-33(2)11-16)7-20-24(22)25(28-13-27-20)31-17-3-4-19-23(9-17)35-14-29-19/h3-4,7-11,13-14H,5-6,12H2,1-2H3,(H,27,28,31). The Morgan fingerprint density at radius 3 is 2.80 bits per heavy atom. The number of aryl methyl sites for hydroxylation is 1. The fourth-order valence-electron chi connectivity index (χ4n) is 4.21. The fourth-order valence-corrected chi connectivity index (χ4v) is 4.92. The number of anilines is 2. The number of halogens is 1. The van der Waals surface area contributed by atoms with Crippen LogP contribution in [0.5, 0.6) is 5.75 Å². The van der Waals surface area contributed by atoms with Gasteiger partial charge in [0, 0.05) is 37.5 Å². The topological polar surface area (TPSA) is 81.0 Å². The van der Waals surface area contributed by atoms with E-state index in [1.807, 2.05) is 61.0 Å². The average molecular weight is 488 g/mol. The Bertz CT molecular complexity index is 1590. The van der Waals surface area contributed by atoms with Crippen molar-refractivity contribution in [2.75, 3.05) is 25.5 Å². The molecule has 1 N–H and O–H groups in total. The molecule has 0 radical (unpaired) electrons. The van der Waals surface area contributed by atoms with Crippen molar-refractivity contribution >= 4 is 44.0 Å². The number of benzene rings is 2. The summed E-state index contributed by atoms with van der Waals surface area (Å²) < 4.78 is 23.9. The Kier molecular flexibility index (Phi) is 5.39. The van der Waals surface area contributed by atoms with Crippen molar-refractivity contribution in [2.45, 2.75) is 6.42 Å². The van der Waals surface area contributed by atoms with Crippen LogP contribution in [-0.2, 0) is 7.05 Å². The molecule has 4 heterocycles. The lowest BCUT2D eigenvalue weighted by Crippen LogP contribution is -2.28. The molecule has 176 valence electrons. The highest BCUT2D eigenvalue weighted by atomic mass is 32.1. The molecule has 0 saturated heterocycles. The monoisotopic (exact) mass is 487 g/mol. The molecule has 35 heavy (non-hydrogen) atoms. The SMILES string of the molecule is CN1CCC(Oc2cc(-c3cnn(C)c3)cc3ncnc(Nc4ccc5ncsc5c4)c23)=C(F)C1. The maximum atomic E-state index is 14.8. The zero-order valence-corrected chi connectivity index (χ0v) is 20.0.